The van der Waals surface area contributed by atoms with Gasteiger partial charge in [-0.15, -0.1) is 28.3 Å². The van der Waals surface area contributed by atoms with Crippen molar-refractivity contribution in [1.82, 2.24) is 4.98 Å². The Kier molecular flexibility index (Phi) is 7.01. The molecule has 1 N–H and O–H groups in total. The van der Waals surface area contributed by atoms with Crippen LogP contribution in [0, 0.1) is 0 Å². The van der Waals surface area contributed by atoms with E-state index in [4.69, 9.17) is 0 Å². The SMILES string of the molecule is Br.FC(F)(F)c1cccc(Nc2nc(-c3ccc(C4CCCCC4)cc3)cs2)c1. The smallest absolute Gasteiger partial charge is 0.332 e. The van der Waals surface area contributed by atoms with Crippen molar-refractivity contribution in [2.24, 2.45) is 0 Å². The van der Waals surface area contributed by atoms with E-state index >= 15 is 0 Å². The molecule has 0 bridgehead atoms. The molecule has 1 saturated carbocycles. The van der Waals surface area contributed by atoms with Crippen molar-refractivity contribution in [3.8, 4) is 11.3 Å². The Hall–Kier alpha value is -1.86. The lowest BCUT2D eigenvalue weighted by molar-refractivity contribution is -0.137. The highest BCUT2D eigenvalue weighted by molar-refractivity contribution is 8.93. The van der Waals surface area contributed by atoms with Crippen LogP contribution in [0.3, 0.4) is 0 Å². The highest BCUT2D eigenvalue weighted by Crippen LogP contribution is 2.35. The van der Waals surface area contributed by atoms with E-state index in [1.165, 1.54) is 55.1 Å². The van der Waals surface area contributed by atoms with Crippen LogP contribution in [0.4, 0.5) is 24.0 Å². The molecule has 4 rings (SSSR count). The summed E-state index contributed by atoms with van der Waals surface area (Å²) in [5.41, 5.74) is 2.94. The summed E-state index contributed by atoms with van der Waals surface area (Å²) in [6, 6.07) is 13.7. The van der Waals surface area contributed by atoms with Crippen LogP contribution in [0.15, 0.2) is 53.9 Å². The molecule has 1 fully saturated rings. The van der Waals surface area contributed by atoms with Gasteiger partial charge in [0.25, 0.3) is 0 Å². The van der Waals surface area contributed by atoms with Crippen molar-refractivity contribution in [1.29, 1.82) is 0 Å². The van der Waals surface area contributed by atoms with Crippen LogP contribution in [0.1, 0.15) is 49.1 Å². The maximum atomic E-state index is 12.9. The van der Waals surface area contributed by atoms with E-state index in [9.17, 15) is 13.2 Å². The summed E-state index contributed by atoms with van der Waals surface area (Å²) in [5, 5.41) is 5.47. The molecule has 7 heteroatoms. The normalized spacial score (nSPS) is 15.0. The third-order valence-electron chi connectivity index (χ3n) is 5.23. The Morgan fingerprint density at radius 1 is 0.966 bits per heavy atom. The van der Waals surface area contributed by atoms with Crippen LogP contribution in [-0.4, -0.2) is 4.98 Å². The highest BCUT2D eigenvalue weighted by atomic mass is 79.9. The number of hydrogen-bond donors (Lipinski definition) is 1. The third-order valence-corrected chi connectivity index (χ3v) is 5.99. The zero-order chi connectivity index (χ0) is 19.6. The molecule has 1 aliphatic carbocycles. The number of rotatable bonds is 4. The van der Waals surface area contributed by atoms with Gasteiger partial charge < -0.3 is 5.32 Å². The predicted octanol–water partition coefficient (Wildman–Crippen LogP) is 8.20. The lowest BCUT2D eigenvalue weighted by Gasteiger charge is -2.22. The van der Waals surface area contributed by atoms with Gasteiger partial charge in [0.2, 0.25) is 0 Å². The molecular formula is C22H22BrF3N2S. The number of hydrogen-bond acceptors (Lipinski definition) is 3. The third kappa shape index (κ3) is 5.39. The molecule has 1 aliphatic rings. The second-order valence-electron chi connectivity index (χ2n) is 7.20. The predicted molar refractivity (Wildman–Crippen MR) is 118 cm³/mol. The first-order valence-electron chi connectivity index (χ1n) is 9.49. The second-order valence-corrected chi connectivity index (χ2v) is 8.06. The Balaban J connectivity index is 0.00000240. The Labute approximate surface area is 183 Å². The van der Waals surface area contributed by atoms with Crippen LogP contribution < -0.4 is 5.32 Å². The van der Waals surface area contributed by atoms with Crippen LogP contribution in [0.5, 0.6) is 0 Å². The Morgan fingerprint density at radius 2 is 1.69 bits per heavy atom. The number of benzene rings is 2. The van der Waals surface area contributed by atoms with Crippen LogP contribution in [-0.2, 0) is 6.18 Å². The van der Waals surface area contributed by atoms with Gasteiger partial charge in [0.1, 0.15) is 0 Å². The van der Waals surface area contributed by atoms with Crippen molar-refractivity contribution in [2.45, 2.75) is 44.2 Å². The van der Waals surface area contributed by atoms with Gasteiger partial charge >= 0.3 is 6.18 Å². The molecule has 0 amide bonds. The molecule has 1 heterocycles. The Bertz CT molecular complexity index is 932. The highest BCUT2D eigenvalue weighted by Gasteiger charge is 2.30. The van der Waals surface area contributed by atoms with Gasteiger partial charge in [-0.2, -0.15) is 13.2 Å². The van der Waals surface area contributed by atoms with E-state index in [2.05, 4.69) is 34.6 Å². The average molecular weight is 483 g/mol. The first-order chi connectivity index (χ1) is 13.5. The number of thiazole rings is 1. The summed E-state index contributed by atoms with van der Waals surface area (Å²) >= 11 is 1.38. The van der Waals surface area contributed by atoms with Crippen molar-refractivity contribution < 1.29 is 13.2 Å². The molecule has 154 valence electrons. The van der Waals surface area contributed by atoms with Crippen LogP contribution in [0.2, 0.25) is 0 Å². The van der Waals surface area contributed by atoms with Gasteiger partial charge in [0, 0.05) is 16.6 Å². The summed E-state index contributed by atoms with van der Waals surface area (Å²) in [5.74, 6) is 0.663. The lowest BCUT2D eigenvalue weighted by atomic mass is 9.84. The van der Waals surface area contributed by atoms with Gasteiger partial charge in [-0.1, -0.05) is 49.6 Å². The van der Waals surface area contributed by atoms with E-state index < -0.39 is 11.7 Å². The lowest BCUT2D eigenvalue weighted by Crippen LogP contribution is -2.05. The first-order valence-corrected chi connectivity index (χ1v) is 10.4. The monoisotopic (exact) mass is 482 g/mol. The minimum absolute atomic E-state index is 0. The number of halogens is 4. The fourth-order valence-electron chi connectivity index (χ4n) is 3.72. The van der Waals surface area contributed by atoms with E-state index in [-0.39, 0.29) is 17.0 Å². The molecule has 0 atom stereocenters. The molecule has 0 radical (unpaired) electrons. The second kappa shape index (κ2) is 9.30. The maximum Gasteiger partial charge on any atom is 0.416 e. The fourth-order valence-corrected chi connectivity index (χ4v) is 4.46. The number of aromatic nitrogens is 1. The first kappa shape index (κ1) is 21.8. The molecule has 29 heavy (non-hydrogen) atoms. The van der Waals surface area contributed by atoms with Crippen molar-refractivity contribution in [3.05, 3.63) is 65.0 Å². The topological polar surface area (TPSA) is 24.9 Å². The number of anilines is 2. The minimum Gasteiger partial charge on any atom is -0.332 e. The molecule has 3 aromatic rings. The summed E-state index contributed by atoms with van der Waals surface area (Å²) in [7, 11) is 0. The van der Waals surface area contributed by atoms with E-state index in [1.54, 1.807) is 6.07 Å². The van der Waals surface area contributed by atoms with Gasteiger partial charge in [0.15, 0.2) is 5.13 Å². The molecule has 2 nitrogen and oxygen atoms in total. The quantitative estimate of drug-likeness (QED) is 0.405. The van der Waals surface area contributed by atoms with Gasteiger partial charge in [0.05, 0.1) is 11.3 Å². The number of nitrogens with zero attached hydrogens (tertiary/aromatic N) is 1. The molecule has 1 aromatic heterocycles. The largest absolute Gasteiger partial charge is 0.416 e. The Morgan fingerprint density at radius 3 is 2.38 bits per heavy atom. The van der Waals surface area contributed by atoms with Crippen molar-refractivity contribution in [2.75, 3.05) is 5.32 Å². The van der Waals surface area contributed by atoms with Crippen LogP contribution >= 0.6 is 28.3 Å². The zero-order valence-electron chi connectivity index (χ0n) is 15.7. The van der Waals surface area contributed by atoms with Crippen molar-refractivity contribution in [3.63, 3.8) is 0 Å². The average Bonchev–Trinajstić information content (AvgIpc) is 3.17. The summed E-state index contributed by atoms with van der Waals surface area (Å²) in [6.45, 7) is 0. The van der Waals surface area contributed by atoms with E-state index in [1.807, 2.05) is 5.38 Å². The maximum absolute atomic E-state index is 12.9. The van der Waals surface area contributed by atoms with Gasteiger partial charge in [-0.3, -0.25) is 0 Å². The summed E-state index contributed by atoms with van der Waals surface area (Å²) in [4.78, 5) is 4.54. The van der Waals surface area contributed by atoms with E-state index in [0.717, 1.165) is 23.4 Å². The molecule has 2 aromatic carbocycles. The fraction of sp³-hybridized carbons (Fsp3) is 0.318. The summed E-state index contributed by atoms with van der Waals surface area (Å²) in [6.07, 6.45) is 2.13. The zero-order valence-corrected chi connectivity index (χ0v) is 18.2. The molecule has 0 saturated heterocycles. The molecule has 0 aliphatic heterocycles. The summed E-state index contributed by atoms with van der Waals surface area (Å²) < 4.78 is 38.6. The molecular weight excluding hydrogens is 461 g/mol. The molecule has 0 unspecified atom stereocenters. The van der Waals surface area contributed by atoms with Crippen molar-refractivity contribution >= 4 is 39.1 Å². The number of nitrogens with one attached hydrogen (secondary N) is 1. The van der Waals surface area contributed by atoms with Gasteiger partial charge in [-0.05, 0) is 42.5 Å². The standard InChI is InChI=1S/C22H21F3N2S.BrH/c23-22(24,25)18-7-4-8-19(13-18)26-21-27-20(14-28-21)17-11-9-16(10-12-17)15-5-2-1-3-6-15;/h4,7-15H,1-3,5-6H2,(H,26,27);1H. The minimum atomic E-state index is -4.36. The van der Waals surface area contributed by atoms with Gasteiger partial charge in [-0.25, -0.2) is 4.98 Å². The van der Waals surface area contributed by atoms with E-state index in [0.29, 0.717) is 16.7 Å². The van der Waals surface area contributed by atoms with Crippen LogP contribution in [0.25, 0.3) is 11.3 Å². The number of alkyl halides is 3. The molecule has 0 spiro atoms.